The van der Waals surface area contributed by atoms with Crippen molar-refractivity contribution in [3.63, 3.8) is 0 Å². The molecule has 130 valence electrons. The summed E-state index contributed by atoms with van der Waals surface area (Å²) in [5.74, 6) is 0.0798. The first kappa shape index (κ1) is 17.4. The first-order chi connectivity index (χ1) is 11.7. The summed E-state index contributed by atoms with van der Waals surface area (Å²) in [6.07, 6.45) is -3.15. The van der Waals surface area contributed by atoms with Crippen LogP contribution in [0.15, 0.2) is 42.5 Å². The molecule has 0 fully saturated rings. The normalized spacial score (nSPS) is 24.9. The minimum atomic E-state index is -2.46. The molecule has 1 aliphatic rings. The quantitative estimate of drug-likeness (QED) is 0.373. The van der Waals surface area contributed by atoms with E-state index in [0.717, 1.165) is 6.07 Å². The number of halogens is 2. The van der Waals surface area contributed by atoms with E-state index in [1.165, 1.54) is 36.4 Å². The van der Waals surface area contributed by atoms with E-state index in [4.69, 9.17) is 27.9 Å². The third-order valence-electron chi connectivity index (χ3n) is 3.95. The van der Waals surface area contributed by atoms with Crippen LogP contribution in [0.4, 0.5) is 5.69 Å². The predicted molar refractivity (Wildman–Crippen MR) is 88.5 cm³/mol. The summed E-state index contributed by atoms with van der Waals surface area (Å²) < 4.78 is 5.64. The van der Waals surface area contributed by atoms with E-state index in [1.54, 1.807) is 0 Å². The Bertz CT molecular complexity index is 860. The molecule has 3 atom stereocenters. The summed E-state index contributed by atoms with van der Waals surface area (Å²) in [6.45, 7) is 0. The highest BCUT2D eigenvalue weighted by Crippen LogP contribution is 2.52. The molecule has 1 heterocycles. The van der Waals surface area contributed by atoms with E-state index in [9.17, 15) is 25.3 Å². The molecule has 3 rings (SSSR count). The third-order valence-corrected chi connectivity index (χ3v) is 4.74. The van der Waals surface area contributed by atoms with Crippen LogP contribution in [0.3, 0.4) is 0 Å². The molecule has 1 N–H and O–H groups in total. The fraction of sp³-hybridized carbons (Fsp3) is 0.200. The third kappa shape index (κ3) is 2.78. The molecule has 0 radical (unpaired) electrons. The Kier molecular flexibility index (Phi) is 4.28. The Hall–Kier alpha value is -2.42. The van der Waals surface area contributed by atoms with Crippen molar-refractivity contribution < 1.29 is 19.7 Å². The molecule has 0 aromatic heterocycles. The molecular formula is C15H10Cl2N2O6. The average molecular weight is 385 g/mol. The number of hydrogen-bond acceptors (Lipinski definition) is 6. The molecule has 2 aromatic rings. The number of ether oxygens (including phenoxy) is 1. The van der Waals surface area contributed by atoms with Crippen molar-refractivity contribution in [1.29, 1.82) is 0 Å². The SMILES string of the molecule is O=[N+]([O-])c1ccc2c(c1)[C@H](O)[C@@](Cl)([N+](=O)[O-])[C@H](c1ccc(Cl)cc1)O2. The molecule has 0 saturated heterocycles. The predicted octanol–water partition coefficient (Wildman–Crippen LogP) is 3.63. The summed E-state index contributed by atoms with van der Waals surface area (Å²) >= 11 is 12.0. The number of non-ortho nitro benzene ring substituents is 1. The number of fused-ring (bicyclic) bond motifs is 1. The van der Waals surface area contributed by atoms with Crippen molar-refractivity contribution in [2.75, 3.05) is 0 Å². The second kappa shape index (κ2) is 6.14. The van der Waals surface area contributed by atoms with Crippen LogP contribution in [0.5, 0.6) is 5.75 Å². The lowest BCUT2D eigenvalue weighted by Gasteiger charge is -2.37. The van der Waals surface area contributed by atoms with Crippen LogP contribution >= 0.6 is 23.2 Å². The number of nitrogens with zero attached hydrogens (tertiary/aromatic N) is 2. The molecule has 0 unspecified atom stereocenters. The number of aliphatic hydroxyl groups is 1. The molecule has 0 saturated carbocycles. The highest BCUT2D eigenvalue weighted by molar-refractivity contribution is 6.30. The van der Waals surface area contributed by atoms with Crippen LogP contribution in [0, 0.1) is 20.2 Å². The van der Waals surface area contributed by atoms with Crippen molar-refractivity contribution >= 4 is 28.9 Å². The van der Waals surface area contributed by atoms with Gasteiger partial charge < -0.3 is 9.84 Å². The topological polar surface area (TPSA) is 116 Å². The number of benzene rings is 2. The molecule has 2 aromatic carbocycles. The monoisotopic (exact) mass is 384 g/mol. The number of rotatable bonds is 3. The van der Waals surface area contributed by atoms with E-state index >= 15 is 0 Å². The fourth-order valence-corrected chi connectivity index (χ4v) is 3.09. The second-order valence-electron chi connectivity index (χ2n) is 5.42. The average Bonchev–Trinajstić information content (AvgIpc) is 2.58. The molecule has 0 aliphatic carbocycles. The molecule has 0 spiro atoms. The van der Waals surface area contributed by atoms with Gasteiger partial charge in [0.25, 0.3) is 5.69 Å². The molecule has 10 heteroatoms. The molecule has 0 amide bonds. The highest BCUT2D eigenvalue weighted by atomic mass is 35.5. The van der Waals surface area contributed by atoms with Crippen LogP contribution < -0.4 is 4.74 Å². The Morgan fingerprint density at radius 3 is 2.32 bits per heavy atom. The first-order valence-corrected chi connectivity index (χ1v) is 7.72. The van der Waals surface area contributed by atoms with Crippen molar-refractivity contribution in [3.8, 4) is 5.75 Å². The van der Waals surface area contributed by atoms with E-state index in [0.29, 0.717) is 10.6 Å². The van der Waals surface area contributed by atoms with E-state index in [1.807, 2.05) is 0 Å². The number of nitro groups is 2. The van der Waals surface area contributed by atoms with Gasteiger partial charge >= 0.3 is 5.00 Å². The zero-order chi connectivity index (χ0) is 18.4. The van der Waals surface area contributed by atoms with Gasteiger partial charge in [-0.15, -0.1) is 0 Å². The molecule has 25 heavy (non-hydrogen) atoms. The minimum Gasteiger partial charge on any atom is -0.476 e. The van der Waals surface area contributed by atoms with E-state index in [-0.39, 0.29) is 17.0 Å². The van der Waals surface area contributed by atoms with Gasteiger partial charge in [-0.3, -0.25) is 20.2 Å². The number of alkyl halides is 1. The maximum Gasteiger partial charge on any atom is 0.364 e. The lowest BCUT2D eigenvalue weighted by atomic mass is 9.89. The summed E-state index contributed by atoms with van der Waals surface area (Å²) in [7, 11) is 0. The van der Waals surface area contributed by atoms with Crippen molar-refractivity contribution in [2.24, 2.45) is 0 Å². The van der Waals surface area contributed by atoms with Gasteiger partial charge in [-0.25, -0.2) is 0 Å². The number of hydrogen-bond donors (Lipinski definition) is 1. The van der Waals surface area contributed by atoms with Crippen LogP contribution in [0.1, 0.15) is 23.3 Å². The number of aliphatic hydroxyl groups excluding tert-OH is 1. The van der Waals surface area contributed by atoms with E-state index < -0.39 is 27.1 Å². The van der Waals surface area contributed by atoms with E-state index in [2.05, 4.69) is 0 Å². The Morgan fingerprint density at radius 1 is 1.12 bits per heavy atom. The Balaban J connectivity index is 2.16. The Morgan fingerprint density at radius 2 is 1.76 bits per heavy atom. The van der Waals surface area contributed by atoms with Crippen LogP contribution in [-0.2, 0) is 0 Å². The molecule has 8 nitrogen and oxygen atoms in total. The lowest BCUT2D eigenvalue weighted by Crippen LogP contribution is -2.49. The molecular weight excluding hydrogens is 375 g/mol. The standard InChI is InChI=1S/C15H10Cl2N2O6/c16-9-3-1-8(2-4-9)14-15(17,19(23)24)13(20)11-7-10(18(21)22)5-6-12(11)25-14/h1-7,13-14,20H/t13-,14-,15+/m0/s1. The van der Waals surface area contributed by atoms with Crippen molar-refractivity contribution in [2.45, 2.75) is 17.2 Å². The largest absolute Gasteiger partial charge is 0.476 e. The van der Waals surface area contributed by atoms with Crippen LogP contribution in [0.2, 0.25) is 5.02 Å². The van der Waals surface area contributed by atoms with Gasteiger partial charge in [0.05, 0.1) is 9.85 Å². The van der Waals surface area contributed by atoms with Gasteiger partial charge in [0.2, 0.25) is 6.10 Å². The van der Waals surface area contributed by atoms with Gasteiger partial charge in [-0.05, 0) is 29.8 Å². The summed E-state index contributed by atoms with van der Waals surface area (Å²) in [5, 5.41) is 33.5. The summed E-state index contributed by atoms with van der Waals surface area (Å²) in [4.78, 5) is 18.5. The van der Waals surface area contributed by atoms with Gasteiger partial charge in [-0.2, -0.15) is 0 Å². The van der Waals surface area contributed by atoms with Crippen LogP contribution in [-0.4, -0.2) is 20.0 Å². The van der Waals surface area contributed by atoms with Crippen molar-refractivity contribution in [1.82, 2.24) is 0 Å². The Labute approximate surface area is 150 Å². The van der Waals surface area contributed by atoms with Crippen molar-refractivity contribution in [3.05, 3.63) is 78.8 Å². The summed E-state index contributed by atoms with van der Waals surface area (Å²) in [6, 6.07) is 9.48. The lowest BCUT2D eigenvalue weighted by molar-refractivity contribution is -0.570. The second-order valence-corrected chi connectivity index (χ2v) is 6.46. The van der Waals surface area contributed by atoms with Gasteiger partial charge in [0.1, 0.15) is 5.75 Å². The van der Waals surface area contributed by atoms with Gasteiger partial charge in [0.15, 0.2) is 6.10 Å². The molecule has 1 aliphatic heterocycles. The fourth-order valence-electron chi connectivity index (χ4n) is 2.68. The maximum absolute atomic E-state index is 11.6. The smallest absolute Gasteiger partial charge is 0.364 e. The zero-order valence-corrected chi connectivity index (χ0v) is 13.8. The highest BCUT2D eigenvalue weighted by Gasteiger charge is 2.61. The zero-order valence-electron chi connectivity index (χ0n) is 12.3. The molecule has 0 bridgehead atoms. The van der Waals surface area contributed by atoms with Gasteiger partial charge in [-0.1, -0.05) is 23.7 Å². The van der Waals surface area contributed by atoms with Gasteiger partial charge in [0, 0.05) is 28.3 Å². The number of nitro benzene ring substituents is 1. The van der Waals surface area contributed by atoms with Crippen LogP contribution in [0.25, 0.3) is 0 Å². The summed E-state index contributed by atoms with van der Waals surface area (Å²) in [5.41, 5.74) is -0.126. The minimum absolute atomic E-state index is 0.0798. The maximum atomic E-state index is 11.6. The first-order valence-electron chi connectivity index (χ1n) is 6.97.